The number of aryl methyl sites for hydroxylation is 1. The molecule has 116 valence electrons. The zero-order valence-electron chi connectivity index (χ0n) is 12.4. The molecule has 23 heavy (non-hydrogen) atoms. The lowest BCUT2D eigenvalue weighted by Gasteiger charge is -2.06. The van der Waals surface area contributed by atoms with Crippen molar-refractivity contribution in [2.75, 3.05) is 5.75 Å². The van der Waals surface area contributed by atoms with Gasteiger partial charge in [-0.2, -0.15) is 0 Å². The van der Waals surface area contributed by atoms with E-state index in [-0.39, 0.29) is 11.7 Å². The maximum absolute atomic E-state index is 12.0. The molecule has 0 aliphatic heterocycles. The maximum Gasteiger partial charge on any atom is 0.274 e. The Morgan fingerprint density at radius 1 is 1.17 bits per heavy atom. The van der Waals surface area contributed by atoms with E-state index in [1.807, 2.05) is 24.3 Å². The lowest BCUT2D eigenvalue weighted by atomic mass is 10.2. The van der Waals surface area contributed by atoms with Crippen LogP contribution in [0.25, 0.3) is 10.9 Å². The first-order valence-electron chi connectivity index (χ1n) is 6.93. The average molecular weight is 326 g/mol. The van der Waals surface area contributed by atoms with Crippen LogP contribution in [0, 0.1) is 0 Å². The molecule has 1 N–H and O–H groups in total. The van der Waals surface area contributed by atoms with Gasteiger partial charge in [-0.05, 0) is 18.2 Å². The van der Waals surface area contributed by atoms with Crippen LogP contribution in [0.15, 0.2) is 53.9 Å². The number of nitrogens with zero attached hydrogens (tertiary/aromatic N) is 3. The third-order valence-electron chi connectivity index (χ3n) is 3.28. The van der Waals surface area contributed by atoms with Crippen LogP contribution in [0.5, 0.6) is 0 Å². The Labute approximate surface area is 136 Å². The number of rotatable bonds is 4. The van der Waals surface area contributed by atoms with Gasteiger partial charge in [0, 0.05) is 18.6 Å². The van der Waals surface area contributed by atoms with Crippen molar-refractivity contribution in [3.8, 4) is 0 Å². The number of carbonyl (C=O) groups is 2. The van der Waals surface area contributed by atoms with Gasteiger partial charge in [0.1, 0.15) is 17.0 Å². The first kappa shape index (κ1) is 15.2. The highest BCUT2D eigenvalue weighted by molar-refractivity contribution is 8.00. The molecule has 2 amide bonds. The van der Waals surface area contributed by atoms with Crippen molar-refractivity contribution in [1.29, 1.82) is 0 Å². The van der Waals surface area contributed by atoms with Gasteiger partial charge in [-0.1, -0.05) is 30.0 Å². The average Bonchev–Trinajstić information content (AvgIpc) is 2.99. The topological polar surface area (TPSA) is 76.9 Å². The summed E-state index contributed by atoms with van der Waals surface area (Å²) in [5.74, 6) is -0.656. The van der Waals surface area contributed by atoms with Crippen LogP contribution in [0.2, 0.25) is 0 Å². The van der Waals surface area contributed by atoms with Gasteiger partial charge < -0.3 is 4.57 Å². The molecule has 0 saturated heterocycles. The zero-order valence-corrected chi connectivity index (χ0v) is 13.2. The highest BCUT2D eigenvalue weighted by Gasteiger charge is 2.14. The van der Waals surface area contributed by atoms with E-state index in [0.29, 0.717) is 5.69 Å². The molecule has 6 nitrogen and oxygen atoms in total. The number of para-hydroxylation sites is 1. The van der Waals surface area contributed by atoms with Crippen LogP contribution in [-0.4, -0.2) is 32.1 Å². The van der Waals surface area contributed by atoms with Crippen LogP contribution in [0.3, 0.4) is 0 Å². The summed E-state index contributed by atoms with van der Waals surface area (Å²) in [6.07, 6.45) is 3.22. The number of benzene rings is 1. The van der Waals surface area contributed by atoms with Gasteiger partial charge in [0.25, 0.3) is 5.91 Å². The van der Waals surface area contributed by atoms with Crippen molar-refractivity contribution in [1.82, 2.24) is 19.9 Å². The Morgan fingerprint density at radius 3 is 2.78 bits per heavy atom. The quantitative estimate of drug-likeness (QED) is 0.586. The van der Waals surface area contributed by atoms with E-state index >= 15 is 0 Å². The highest BCUT2D eigenvalue weighted by atomic mass is 32.2. The molecular formula is C16H14N4O2S. The fourth-order valence-electron chi connectivity index (χ4n) is 2.15. The zero-order chi connectivity index (χ0) is 16.2. The maximum atomic E-state index is 12.0. The number of hydrogen-bond acceptors (Lipinski definition) is 5. The third kappa shape index (κ3) is 3.40. The minimum atomic E-state index is -0.407. The van der Waals surface area contributed by atoms with Gasteiger partial charge in [0.2, 0.25) is 5.91 Å². The summed E-state index contributed by atoms with van der Waals surface area (Å²) < 4.78 is 1.66. The molecule has 2 heterocycles. The fourth-order valence-corrected chi connectivity index (χ4v) is 2.94. The van der Waals surface area contributed by atoms with E-state index in [1.165, 1.54) is 18.1 Å². The smallest absolute Gasteiger partial charge is 0.274 e. The molecule has 2 aromatic heterocycles. The van der Waals surface area contributed by atoms with Crippen LogP contribution in [0.1, 0.15) is 10.5 Å². The van der Waals surface area contributed by atoms with Gasteiger partial charge in [0.05, 0.1) is 11.3 Å². The molecule has 0 aliphatic rings. The molecule has 0 fully saturated rings. The van der Waals surface area contributed by atoms with Gasteiger partial charge in [-0.15, -0.1) is 0 Å². The Balaban J connectivity index is 1.65. The first-order chi connectivity index (χ1) is 11.1. The minimum absolute atomic E-state index is 0.108. The molecule has 0 atom stereocenters. The van der Waals surface area contributed by atoms with Gasteiger partial charge in [-0.25, -0.2) is 9.97 Å². The van der Waals surface area contributed by atoms with Crippen LogP contribution in [-0.2, 0) is 11.8 Å². The summed E-state index contributed by atoms with van der Waals surface area (Å²) in [5, 5.41) is 3.99. The largest absolute Gasteiger partial charge is 0.347 e. The van der Waals surface area contributed by atoms with E-state index in [1.54, 1.807) is 29.9 Å². The van der Waals surface area contributed by atoms with E-state index < -0.39 is 5.91 Å². The molecule has 0 aliphatic carbocycles. The summed E-state index contributed by atoms with van der Waals surface area (Å²) in [6, 6.07) is 11.0. The highest BCUT2D eigenvalue weighted by Crippen LogP contribution is 2.23. The van der Waals surface area contributed by atoms with Crippen molar-refractivity contribution in [2.45, 2.75) is 5.03 Å². The van der Waals surface area contributed by atoms with Crippen molar-refractivity contribution < 1.29 is 9.59 Å². The number of imide groups is 1. The van der Waals surface area contributed by atoms with E-state index in [4.69, 9.17) is 0 Å². The molecule has 0 radical (unpaired) electrons. The molecule has 7 heteroatoms. The predicted molar refractivity (Wildman–Crippen MR) is 88.1 cm³/mol. The second-order valence-corrected chi connectivity index (χ2v) is 5.83. The Kier molecular flexibility index (Phi) is 4.38. The number of nitrogens with one attached hydrogen (secondary N) is 1. The molecular weight excluding hydrogens is 312 g/mol. The van der Waals surface area contributed by atoms with Crippen molar-refractivity contribution in [3.63, 3.8) is 0 Å². The third-order valence-corrected chi connectivity index (χ3v) is 4.28. The molecule has 1 aromatic carbocycles. The van der Waals surface area contributed by atoms with Crippen molar-refractivity contribution in [2.24, 2.45) is 7.05 Å². The predicted octanol–water partition coefficient (Wildman–Crippen LogP) is 2.02. The molecule has 0 spiro atoms. The standard InChI is InChI=1S/C16H14N4O2S/c1-20-8-4-7-13(20)15(22)19-14(21)9-23-16-11-5-2-3-6-12(11)17-10-18-16/h2-8,10H,9H2,1H3,(H,19,21,22). The number of aromatic nitrogens is 3. The summed E-state index contributed by atoms with van der Waals surface area (Å²) in [6.45, 7) is 0. The molecule has 3 rings (SSSR count). The molecule has 0 unspecified atom stereocenters. The lowest BCUT2D eigenvalue weighted by molar-refractivity contribution is -0.117. The van der Waals surface area contributed by atoms with E-state index in [2.05, 4.69) is 15.3 Å². The van der Waals surface area contributed by atoms with E-state index in [0.717, 1.165) is 15.9 Å². The second kappa shape index (κ2) is 6.62. The Morgan fingerprint density at radius 2 is 2.00 bits per heavy atom. The van der Waals surface area contributed by atoms with Gasteiger partial charge >= 0.3 is 0 Å². The SMILES string of the molecule is Cn1cccc1C(=O)NC(=O)CSc1ncnc2ccccc12. The van der Waals surface area contributed by atoms with Crippen molar-refractivity contribution in [3.05, 3.63) is 54.6 Å². The molecule has 3 aromatic rings. The summed E-state index contributed by atoms with van der Waals surface area (Å²) >= 11 is 1.28. The van der Waals surface area contributed by atoms with Crippen LogP contribution >= 0.6 is 11.8 Å². The molecule has 0 saturated carbocycles. The van der Waals surface area contributed by atoms with Gasteiger partial charge in [0.15, 0.2) is 0 Å². The summed E-state index contributed by atoms with van der Waals surface area (Å²) in [5.41, 5.74) is 1.26. The number of thioether (sulfide) groups is 1. The molecule has 0 bridgehead atoms. The lowest BCUT2D eigenvalue weighted by Crippen LogP contribution is -2.32. The number of hydrogen-bond donors (Lipinski definition) is 1. The fraction of sp³-hybridized carbons (Fsp3) is 0.125. The normalized spacial score (nSPS) is 10.7. The Bertz CT molecular complexity index is 870. The Hall–Kier alpha value is -2.67. The van der Waals surface area contributed by atoms with Crippen molar-refractivity contribution >= 4 is 34.5 Å². The number of fused-ring (bicyclic) bond motifs is 1. The summed E-state index contributed by atoms with van der Waals surface area (Å²) in [4.78, 5) is 32.3. The van der Waals surface area contributed by atoms with Crippen LogP contribution < -0.4 is 5.32 Å². The summed E-state index contributed by atoms with van der Waals surface area (Å²) in [7, 11) is 1.75. The van der Waals surface area contributed by atoms with Crippen LogP contribution in [0.4, 0.5) is 0 Å². The monoisotopic (exact) mass is 326 g/mol. The number of carbonyl (C=O) groups excluding carboxylic acids is 2. The van der Waals surface area contributed by atoms with Gasteiger partial charge in [-0.3, -0.25) is 14.9 Å². The van der Waals surface area contributed by atoms with E-state index in [9.17, 15) is 9.59 Å². The first-order valence-corrected chi connectivity index (χ1v) is 7.92. The second-order valence-electron chi connectivity index (χ2n) is 4.87. The minimum Gasteiger partial charge on any atom is -0.347 e. The number of amides is 2.